The minimum Gasteiger partial charge on any atom is -0.481 e. The van der Waals surface area contributed by atoms with E-state index in [0.717, 1.165) is 38.0 Å². The molecule has 1 aromatic carbocycles. The minimum absolute atomic E-state index is 0.531. The van der Waals surface area contributed by atoms with Crippen LogP contribution < -0.4 is 0 Å². The van der Waals surface area contributed by atoms with Gasteiger partial charge in [-0.15, -0.1) is 0 Å². The number of carboxylic acid groups (broad SMARTS) is 1. The Bertz CT molecular complexity index is 491. The van der Waals surface area contributed by atoms with Crippen molar-refractivity contribution in [2.24, 2.45) is 5.41 Å². The zero-order valence-corrected chi connectivity index (χ0v) is 13.8. The van der Waals surface area contributed by atoms with Crippen LogP contribution in [0.4, 0.5) is 0 Å². The number of hydrogen-bond acceptors (Lipinski definition) is 2. The van der Waals surface area contributed by atoms with Crippen LogP contribution in [0.25, 0.3) is 0 Å². The number of likely N-dealkylation sites (tertiary alicyclic amines) is 1. The van der Waals surface area contributed by atoms with Crippen molar-refractivity contribution in [3.05, 3.63) is 33.8 Å². The molecule has 3 nitrogen and oxygen atoms in total. The van der Waals surface area contributed by atoms with Crippen LogP contribution in [0.5, 0.6) is 0 Å². The molecule has 116 valence electrons. The first-order chi connectivity index (χ1) is 9.95. The van der Waals surface area contributed by atoms with Gasteiger partial charge in [0.25, 0.3) is 0 Å². The van der Waals surface area contributed by atoms with E-state index in [2.05, 4.69) is 4.90 Å². The molecule has 0 spiro atoms. The van der Waals surface area contributed by atoms with E-state index in [-0.39, 0.29) is 0 Å². The molecule has 0 amide bonds. The number of nitrogens with zero attached hydrogens (tertiary/aromatic N) is 1. The van der Waals surface area contributed by atoms with Crippen LogP contribution in [-0.4, -0.2) is 29.1 Å². The molecule has 5 heteroatoms. The zero-order chi connectivity index (χ0) is 15.5. The van der Waals surface area contributed by atoms with Crippen molar-refractivity contribution in [2.75, 3.05) is 13.1 Å². The number of piperidine rings is 1. The molecule has 1 aromatic rings. The first kappa shape index (κ1) is 16.6. The Balaban J connectivity index is 1.99. The highest BCUT2D eigenvalue weighted by Crippen LogP contribution is 2.37. The summed E-state index contributed by atoms with van der Waals surface area (Å²) in [6, 6.07) is 5.55. The van der Waals surface area contributed by atoms with Crippen molar-refractivity contribution >= 4 is 29.2 Å². The van der Waals surface area contributed by atoms with Crippen LogP contribution in [0.2, 0.25) is 10.0 Å². The molecule has 1 aliphatic heterocycles. The highest BCUT2D eigenvalue weighted by Gasteiger charge is 2.40. The van der Waals surface area contributed by atoms with Gasteiger partial charge in [0.2, 0.25) is 0 Å². The summed E-state index contributed by atoms with van der Waals surface area (Å²) in [5.74, 6) is -0.644. The van der Waals surface area contributed by atoms with E-state index in [1.54, 1.807) is 6.07 Å². The first-order valence-electron chi connectivity index (χ1n) is 7.36. The van der Waals surface area contributed by atoms with Crippen LogP contribution in [0, 0.1) is 5.41 Å². The Morgan fingerprint density at radius 3 is 2.29 bits per heavy atom. The SMILES string of the molecule is CCCC1(C(=O)O)CCN(Cc2cc(Cl)cc(Cl)c2)CC1. The Morgan fingerprint density at radius 2 is 1.81 bits per heavy atom. The number of benzene rings is 1. The molecule has 0 atom stereocenters. The van der Waals surface area contributed by atoms with Crippen molar-refractivity contribution in [3.63, 3.8) is 0 Å². The van der Waals surface area contributed by atoms with Crippen LogP contribution in [-0.2, 0) is 11.3 Å². The molecule has 0 bridgehead atoms. The third-order valence-corrected chi connectivity index (χ3v) is 4.76. The molecule has 2 rings (SSSR count). The summed E-state index contributed by atoms with van der Waals surface area (Å²) in [5, 5.41) is 10.8. The number of carboxylic acids is 1. The summed E-state index contributed by atoms with van der Waals surface area (Å²) in [7, 11) is 0. The molecule has 0 saturated carbocycles. The van der Waals surface area contributed by atoms with Crippen molar-refractivity contribution in [1.29, 1.82) is 0 Å². The fourth-order valence-corrected chi connectivity index (χ4v) is 3.72. The van der Waals surface area contributed by atoms with Crippen molar-refractivity contribution in [2.45, 2.75) is 39.2 Å². The largest absolute Gasteiger partial charge is 0.481 e. The average molecular weight is 330 g/mol. The third kappa shape index (κ3) is 4.12. The van der Waals surface area contributed by atoms with E-state index in [9.17, 15) is 9.90 Å². The number of carbonyl (C=O) groups is 1. The molecule has 1 heterocycles. The van der Waals surface area contributed by atoms with Gasteiger partial charge in [-0.25, -0.2) is 0 Å². The van der Waals surface area contributed by atoms with Crippen molar-refractivity contribution in [3.8, 4) is 0 Å². The summed E-state index contributed by atoms with van der Waals surface area (Å²) < 4.78 is 0. The predicted molar refractivity (Wildman–Crippen MR) is 85.9 cm³/mol. The van der Waals surface area contributed by atoms with Gasteiger partial charge in [0.15, 0.2) is 0 Å². The van der Waals surface area contributed by atoms with E-state index in [1.165, 1.54) is 0 Å². The maximum absolute atomic E-state index is 11.6. The van der Waals surface area contributed by atoms with E-state index in [0.29, 0.717) is 22.9 Å². The van der Waals surface area contributed by atoms with Gasteiger partial charge in [-0.05, 0) is 56.1 Å². The average Bonchev–Trinajstić information content (AvgIpc) is 2.40. The van der Waals surface area contributed by atoms with E-state index in [4.69, 9.17) is 23.2 Å². The summed E-state index contributed by atoms with van der Waals surface area (Å²) in [6.45, 7) is 4.42. The monoisotopic (exact) mass is 329 g/mol. The highest BCUT2D eigenvalue weighted by atomic mass is 35.5. The molecule has 0 radical (unpaired) electrons. The zero-order valence-electron chi connectivity index (χ0n) is 12.2. The van der Waals surface area contributed by atoms with Crippen LogP contribution in [0.15, 0.2) is 18.2 Å². The minimum atomic E-state index is -0.644. The maximum Gasteiger partial charge on any atom is 0.309 e. The second-order valence-corrected chi connectivity index (χ2v) is 6.76. The second-order valence-electron chi connectivity index (χ2n) is 5.89. The van der Waals surface area contributed by atoms with Gasteiger partial charge in [-0.1, -0.05) is 36.5 Å². The highest BCUT2D eigenvalue weighted by molar-refractivity contribution is 6.34. The normalized spacial score (nSPS) is 18.6. The Morgan fingerprint density at radius 1 is 1.24 bits per heavy atom. The lowest BCUT2D eigenvalue weighted by atomic mass is 9.75. The number of halogens is 2. The summed E-state index contributed by atoms with van der Waals surface area (Å²) in [4.78, 5) is 13.8. The molecule has 0 aliphatic carbocycles. The molecule has 1 fully saturated rings. The molecular formula is C16H21Cl2NO2. The van der Waals surface area contributed by atoms with Crippen molar-refractivity contribution in [1.82, 2.24) is 4.90 Å². The van der Waals surface area contributed by atoms with Gasteiger partial charge < -0.3 is 5.11 Å². The quantitative estimate of drug-likeness (QED) is 0.866. The van der Waals surface area contributed by atoms with Crippen LogP contribution in [0.1, 0.15) is 38.2 Å². The van der Waals surface area contributed by atoms with E-state index in [1.807, 2.05) is 19.1 Å². The van der Waals surface area contributed by atoms with Crippen LogP contribution in [0.3, 0.4) is 0 Å². The lowest BCUT2D eigenvalue weighted by Gasteiger charge is -2.38. The molecule has 1 saturated heterocycles. The van der Waals surface area contributed by atoms with Crippen molar-refractivity contribution < 1.29 is 9.90 Å². The Labute approximate surface area is 135 Å². The molecule has 21 heavy (non-hydrogen) atoms. The Hall–Kier alpha value is -0.770. The number of rotatable bonds is 5. The fraction of sp³-hybridized carbons (Fsp3) is 0.562. The fourth-order valence-electron chi connectivity index (χ4n) is 3.15. The number of hydrogen-bond donors (Lipinski definition) is 1. The van der Waals surface area contributed by atoms with Gasteiger partial charge in [0.1, 0.15) is 0 Å². The molecule has 0 aromatic heterocycles. The third-order valence-electron chi connectivity index (χ3n) is 4.32. The topological polar surface area (TPSA) is 40.5 Å². The summed E-state index contributed by atoms with van der Waals surface area (Å²) in [6.07, 6.45) is 3.10. The summed E-state index contributed by atoms with van der Waals surface area (Å²) in [5.41, 5.74) is 0.544. The smallest absolute Gasteiger partial charge is 0.309 e. The van der Waals surface area contributed by atoms with Crippen LogP contribution >= 0.6 is 23.2 Å². The standard InChI is InChI=1S/C16H21Cl2NO2/c1-2-3-16(15(20)21)4-6-19(7-5-16)11-12-8-13(17)10-14(18)9-12/h8-10H,2-7,11H2,1H3,(H,20,21). The Kier molecular flexibility index (Phi) is 5.53. The number of aliphatic carboxylic acids is 1. The van der Waals surface area contributed by atoms with Gasteiger partial charge in [-0.2, -0.15) is 0 Å². The lowest BCUT2D eigenvalue weighted by Crippen LogP contribution is -2.44. The van der Waals surface area contributed by atoms with Gasteiger partial charge in [-0.3, -0.25) is 9.69 Å². The maximum atomic E-state index is 11.6. The molecule has 0 unspecified atom stereocenters. The predicted octanol–water partition coefficient (Wildman–Crippen LogP) is 4.46. The first-order valence-corrected chi connectivity index (χ1v) is 8.11. The lowest BCUT2D eigenvalue weighted by molar-refractivity contribution is -0.152. The van der Waals surface area contributed by atoms with Gasteiger partial charge in [0.05, 0.1) is 5.41 Å². The molecular weight excluding hydrogens is 309 g/mol. The van der Waals surface area contributed by atoms with E-state index < -0.39 is 11.4 Å². The second kappa shape index (κ2) is 6.99. The molecule has 1 aliphatic rings. The summed E-state index contributed by atoms with van der Waals surface area (Å²) >= 11 is 12.0. The van der Waals surface area contributed by atoms with E-state index >= 15 is 0 Å². The van der Waals surface area contributed by atoms with Gasteiger partial charge in [0, 0.05) is 16.6 Å². The molecule has 1 N–H and O–H groups in total. The van der Waals surface area contributed by atoms with Gasteiger partial charge >= 0.3 is 5.97 Å².